The van der Waals surface area contributed by atoms with E-state index in [4.69, 9.17) is 0 Å². The number of benzene rings is 2. The van der Waals surface area contributed by atoms with E-state index in [0.29, 0.717) is 12.1 Å². The topological polar surface area (TPSA) is 12.0 Å². The molecule has 0 bridgehead atoms. The second-order valence-electron chi connectivity index (χ2n) is 4.70. The zero-order valence-electron chi connectivity index (χ0n) is 11.5. The lowest BCUT2D eigenvalue weighted by molar-refractivity contribution is 0.530. The number of halogens is 4. The molecule has 0 amide bonds. The van der Waals surface area contributed by atoms with Gasteiger partial charge >= 0.3 is 0 Å². The van der Waals surface area contributed by atoms with Crippen LogP contribution in [0.1, 0.15) is 30.5 Å². The van der Waals surface area contributed by atoms with Crippen LogP contribution in [0.3, 0.4) is 0 Å². The summed E-state index contributed by atoms with van der Waals surface area (Å²) in [7, 11) is 0. The van der Waals surface area contributed by atoms with E-state index in [1.807, 2.05) is 6.92 Å². The Morgan fingerprint density at radius 1 is 1.05 bits per heavy atom. The fourth-order valence-corrected chi connectivity index (χ4v) is 2.65. The Labute approximate surface area is 130 Å². The molecule has 112 valence electrons. The van der Waals surface area contributed by atoms with Crippen molar-refractivity contribution in [3.63, 3.8) is 0 Å². The third-order valence-corrected chi connectivity index (χ3v) is 4.00. The van der Waals surface area contributed by atoms with E-state index in [0.717, 1.165) is 24.6 Å². The normalized spacial score (nSPS) is 12.4. The van der Waals surface area contributed by atoms with E-state index in [9.17, 15) is 13.2 Å². The molecular formula is C16H15BrF3N. The molecule has 0 aliphatic carbocycles. The van der Waals surface area contributed by atoms with Gasteiger partial charge in [0, 0.05) is 5.56 Å². The smallest absolute Gasteiger partial charge is 0.137 e. The highest BCUT2D eigenvalue weighted by molar-refractivity contribution is 9.10. The Morgan fingerprint density at radius 3 is 2.52 bits per heavy atom. The molecule has 0 saturated heterocycles. The summed E-state index contributed by atoms with van der Waals surface area (Å²) < 4.78 is 41.5. The van der Waals surface area contributed by atoms with Gasteiger partial charge in [0.05, 0.1) is 10.5 Å². The van der Waals surface area contributed by atoms with Gasteiger partial charge in [-0.05, 0) is 58.7 Å². The lowest BCUT2D eigenvalue weighted by Gasteiger charge is -2.21. The highest BCUT2D eigenvalue weighted by Gasteiger charge is 2.21. The summed E-state index contributed by atoms with van der Waals surface area (Å²) in [6.45, 7) is 2.57. The van der Waals surface area contributed by atoms with Crippen LogP contribution in [0.15, 0.2) is 40.9 Å². The summed E-state index contributed by atoms with van der Waals surface area (Å²) in [5.41, 5.74) is 0.697. The summed E-state index contributed by atoms with van der Waals surface area (Å²) in [5.74, 6) is -1.49. The van der Waals surface area contributed by atoms with E-state index in [1.54, 1.807) is 12.1 Å². The molecule has 5 heteroatoms. The van der Waals surface area contributed by atoms with E-state index in [2.05, 4.69) is 21.2 Å². The molecular weight excluding hydrogens is 343 g/mol. The Kier molecular flexibility index (Phi) is 5.42. The molecule has 0 fully saturated rings. The van der Waals surface area contributed by atoms with Crippen LogP contribution < -0.4 is 5.32 Å². The highest BCUT2D eigenvalue weighted by atomic mass is 79.9. The van der Waals surface area contributed by atoms with Crippen molar-refractivity contribution >= 4 is 15.9 Å². The van der Waals surface area contributed by atoms with E-state index < -0.39 is 23.5 Å². The number of nitrogens with one attached hydrogen (secondary N) is 1. The van der Waals surface area contributed by atoms with Gasteiger partial charge < -0.3 is 5.32 Å². The van der Waals surface area contributed by atoms with Crippen LogP contribution in [0.25, 0.3) is 0 Å². The van der Waals surface area contributed by atoms with Crippen molar-refractivity contribution in [2.75, 3.05) is 6.54 Å². The van der Waals surface area contributed by atoms with Gasteiger partial charge in [0.2, 0.25) is 0 Å². The monoisotopic (exact) mass is 357 g/mol. The predicted molar refractivity (Wildman–Crippen MR) is 80.6 cm³/mol. The molecule has 0 aliphatic heterocycles. The maximum Gasteiger partial charge on any atom is 0.137 e. The predicted octanol–water partition coefficient (Wildman–Crippen LogP) is 4.96. The molecule has 1 N–H and O–H groups in total. The molecule has 21 heavy (non-hydrogen) atoms. The lowest BCUT2D eigenvalue weighted by Crippen LogP contribution is -2.25. The third kappa shape index (κ3) is 3.66. The molecule has 0 saturated carbocycles. The zero-order valence-corrected chi connectivity index (χ0v) is 13.1. The van der Waals surface area contributed by atoms with Crippen molar-refractivity contribution in [3.8, 4) is 0 Å². The van der Waals surface area contributed by atoms with Gasteiger partial charge in [-0.3, -0.25) is 0 Å². The average Bonchev–Trinajstić information content (AvgIpc) is 2.47. The molecule has 0 aliphatic rings. The summed E-state index contributed by atoms with van der Waals surface area (Å²) in [6.07, 6.45) is 0.820. The van der Waals surface area contributed by atoms with Gasteiger partial charge in [-0.25, -0.2) is 13.2 Å². The molecule has 1 unspecified atom stereocenters. The van der Waals surface area contributed by atoms with Crippen molar-refractivity contribution in [2.45, 2.75) is 19.4 Å². The van der Waals surface area contributed by atoms with Crippen LogP contribution >= 0.6 is 15.9 Å². The first-order valence-corrected chi connectivity index (χ1v) is 7.46. The largest absolute Gasteiger partial charge is 0.306 e. The van der Waals surface area contributed by atoms with Gasteiger partial charge in [-0.1, -0.05) is 19.1 Å². The zero-order chi connectivity index (χ0) is 15.4. The van der Waals surface area contributed by atoms with Crippen LogP contribution in [-0.4, -0.2) is 6.54 Å². The average molecular weight is 358 g/mol. The highest BCUT2D eigenvalue weighted by Crippen LogP contribution is 2.32. The first-order chi connectivity index (χ1) is 10.0. The minimum atomic E-state index is -0.620. The number of hydrogen-bond acceptors (Lipinski definition) is 1. The Morgan fingerprint density at radius 2 is 1.81 bits per heavy atom. The maximum atomic E-state index is 14.0. The molecule has 0 heterocycles. The van der Waals surface area contributed by atoms with E-state index in [1.165, 1.54) is 6.07 Å². The molecule has 2 aromatic rings. The van der Waals surface area contributed by atoms with E-state index in [-0.39, 0.29) is 10.0 Å². The molecule has 2 aromatic carbocycles. The third-order valence-electron chi connectivity index (χ3n) is 3.16. The molecule has 0 spiro atoms. The lowest BCUT2D eigenvalue weighted by atomic mass is 9.97. The number of hydrogen-bond donors (Lipinski definition) is 1. The summed E-state index contributed by atoms with van der Waals surface area (Å²) in [6, 6.07) is 7.21. The molecule has 0 radical (unpaired) electrons. The first-order valence-electron chi connectivity index (χ1n) is 6.66. The maximum absolute atomic E-state index is 14.0. The Bertz CT molecular complexity index is 629. The second kappa shape index (κ2) is 7.09. The van der Waals surface area contributed by atoms with E-state index >= 15 is 0 Å². The van der Waals surface area contributed by atoms with Gasteiger partial charge in [0.25, 0.3) is 0 Å². The Balaban J connectivity index is 2.52. The van der Waals surface area contributed by atoms with Gasteiger partial charge in [-0.15, -0.1) is 0 Å². The molecule has 1 nitrogen and oxygen atoms in total. The van der Waals surface area contributed by atoms with Crippen molar-refractivity contribution in [1.82, 2.24) is 5.32 Å². The van der Waals surface area contributed by atoms with Crippen LogP contribution in [0.2, 0.25) is 0 Å². The van der Waals surface area contributed by atoms with Gasteiger partial charge in [0.15, 0.2) is 0 Å². The van der Waals surface area contributed by atoms with Crippen LogP contribution in [0, 0.1) is 17.5 Å². The molecule has 1 atom stereocenters. The Hall–Kier alpha value is -1.33. The van der Waals surface area contributed by atoms with Crippen LogP contribution in [0.4, 0.5) is 13.2 Å². The van der Waals surface area contributed by atoms with Crippen molar-refractivity contribution in [1.29, 1.82) is 0 Å². The van der Waals surface area contributed by atoms with Gasteiger partial charge in [0.1, 0.15) is 17.5 Å². The summed E-state index contributed by atoms with van der Waals surface area (Å²) in [5, 5.41) is 3.13. The standard InChI is InChI=1S/C16H15BrF3N/c1-2-8-21-16(11-4-3-5-14(20)15(11)17)12-9-10(18)6-7-13(12)19/h3-7,9,16,21H,2,8H2,1H3. The first kappa shape index (κ1) is 16.0. The molecule has 2 rings (SSSR count). The fourth-order valence-electron chi connectivity index (χ4n) is 2.16. The van der Waals surface area contributed by atoms with Gasteiger partial charge in [-0.2, -0.15) is 0 Å². The molecule has 0 aromatic heterocycles. The summed E-state index contributed by atoms with van der Waals surface area (Å²) in [4.78, 5) is 0. The van der Waals surface area contributed by atoms with Crippen molar-refractivity contribution in [3.05, 3.63) is 69.4 Å². The quantitative estimate of drug-likeness (QED) is 0.797. The fraction of sp³-hybridized carbons (Fsp3) is 0.250. The van der Waals surface area contributed by atoms with Crippen molar-refractivity contribution < 1.29 is 13.2 Å². The number of rotatable bonds is 5. The van der Waals surface area contributed by atoms with Crippen LogP contribution in [-0.2, 0) is 0 Å². The van der Waals surface area contributed by atoms with Crippen LogP contribution in [0.5, 0.6) is 0 Å². The SMILES string of the molecule is CCCNC(c1cc(F)ccc1F)c1cccc(F)c1Br. The summed E-state index contributed by atoms with van der Waals surface area (Å²) >= 11 is 3.18. The minimum absolute atomic E-state index is 0.162. The minimum Gasteiger partial charge on any atom is -0.306 e. The van der Waals surface area contributed by atoms with Crippen molar-refractivity contribution in [2.24, 2.45) is 0 Å². The second-order valence-corrected chi connectivity index (χ2v) is 5.49.